The van der Waals surface area contributed by atoms with Crippen LogP contribution in [0.4, 0.5) is 17.6 Å². The van der Waals surface area contributed by atoms with Gasteiger partial charge in [-0.25, -0.2) is 17.6 Å². The van der Waals surface area contributed by atoms with Crippen molar-refractivity contribution >= 4 is 14.5 Å². The highest BCUT2D eigenvalue weighted by Gasteiger charge is 2.18. The maximum absolute atomic E-state index is 14.7. The van der Waals surface area contributed by atoms with Crippen LogP contribution in [0.3, 0.4) is 0 Å². The van der Waals surface area contributed by atoms with Gasteiger partial charge >= 0.3 is 0 Å². The van der Waals surface area contributed by atoms with Crippen LogP contribution in [0.1, 0.15) is 31.7 Å². The fourth-order valence-corrected chi connectivity index (χ4v) is 3.51. The Bertz CT molecular complexity index is 958. The van der Waals surface area contributed by atoms with Gasteiger partial charge in [0.1, 0.15) is 0 Å². The number of hydrogen-bond acceptors (Lipinski definition) is 0. The predicted octanol–water partition coefficient (Wildman–Crippen LogP) is 6.81. The minimum absolute atomic E-state index is 0.0439. The van der Waals surface area contributed by atoms with Crippen LogP contribution < -0.4 is 5.30 Å². The van der Waals surface area contributed by atoms with E-state index < -0.39 is 23.3 Å². The fourth-order valence-electron chi connectivity index (χ4n) is 3.19. The predicted molar refractivity (Wildman–Crippen MR) is 110 cm³/mol. The van der Waals surface area contributed by atoms with Crippen LogP contribution in [0.25, 0.3) is 22.3 Å². The molecule has 0 N–H and O–H groups in total. The molecule has 146 valence electrons. The van der Waals surface area contributed by atoms with E-state index in [4.69, 9.17) is 0 Å². The van der Waals surface area contributed by atoms with E-state index in [0.717, 1.165) is 37.3 Å². The standard InChI is InChI=1S/C23H21F4P/c1-2-3-4-5-14-6-8-15(9-7-14)17-10-11-18(22(26)21(17)25)16-12-19(24)23(27)20(28)13-16/h6-13H,2-5,28H2,1H3. The number of benzene rings is 3. The van der Waals surface area contributed by atoms with Crippen LogP contribution in [0.2, 0.25) is 0 Å². The van der Waals surface area contributed by atoms with Crippen LogP contribution in [0.15, 0.2) is 48.5 Å². The van der Waals surface area contributed by atoms with Gasteiger partial charge in [0.05, 0.1) is 0 Å². The lowest BCUT2D eigenvalue weighted by atomic mass is 9.97. The second-order valence-corrected chi connectivity index (χ2v) is 7.43. The van der Waals surface area contributed by atoms with E-state index in [1.807, 2.05) is 12.1 Å². The third-order valence-corrected chi connectivity index (χ3v) is 5.20. The Morgan fingerprint density at radius 3 is 1.89 bits per heavy atom. The highest BCUT2D eigenvalue weighted by molar-refractivity contribution is 7.27. The van der Waals surface area contributed by atoms with Crippen molar-refractivity contribution in [1.29, 1.82) is 0 Å². The normalized spacial score (nSPS) is 11.1. The van der Waals surface area contributed by atoms with Crippen LogP contribution in [-0.4, -0.2) is 0 Å². The largest absolute Gasteiger partial charge is 0.204 e. The summed E-state index contributed by atoms with van der Waals surface area (Å²) in [6, 6.07) is 12.4. The maximum atomic E-state index is 14.7. The summed E-state index contributed by atoms with van der Waals surface area (Å²) in [7, 11) is 2.05. The van der Waals surface area contributed by atoms with Gasteiger partial charge in [0.15, 0.2) is 23.3 Å². The summed E-state index contributed by atoms with van der Waals surface area (Å²) >= 11 is 0. The van der Waals surface area contributed by atoms with Gasteiger partial charge in [-0.2, -0.15) is 0 Å². The van der Waals surface area contributed by atoms with Gasteiger partial charge in [0.2, 0.25) is 0 Å². The summed E-state index contributed by atoms with van der Waals surface area (Å²) < 4.78 is 56.5. The minimum Gasteiger partial charge on any atom is -0.204 e. The third-order valence-electron chi connectivity index (χ3n) is 4.78. The van der Waals surface area contributed by atoms with Crippen molar-refractivity contribution in [2.45, 2.75) is 32.6 Å². The molecule has 0 aromatic heterocycles. The first kappa shape index (κ1) is 20.5. The van der Waals surface area contributed by atoms with E-state index in [2.05, 4.69) is 16.2 Å². The zero-order valence-electron chi connectivity index (χ0n) is 15.5. The Morgan fingerprint density at radius 2 is 1.32 bits per heavy atom. The zero-order valence-corrected chi connectivity index (χ0v) is 16.7. The average Bonchev–Trinajstić information content (AvgIpc) is 2.69. The first-order chi connectivity index (χ1) is 13.4. The van der Waals surface area contributed by atoms with E-state index in [1.165, 1.54) is 18.2 Å². The van der Waals surface area contributed by atoms with Gasteiger partial charge < -0.3 is 0 Å². The van der Waals surface area contributed by atoms with Crippen LogP contribution in [0.5, 0.6) is 0 Å². The van der Waals surface area contributed by atoms with Gasteiger partial charge in [-0.15, -0.1) is 9.24 Å². The van der Waals surface area contributed by atoms with Crippen molar-refractivity contribution in [2.75, 3.05) is 0 Å². The molecular weight excluding hydrogens is 383 g/mol. The third kappa shape index (κ3) is 4.28. The summed E-state index contributed by atoms with van der Waals surface area (Å²) in [4.78, 5) is 0. The molecule has 0 heterocycles. The van der Waals surface area contributed by atoms with E-state index in [1.54, 1.807) is 12.1 Å². The summed E-state index contributed by atoms with van der Waals surface area (Å²) in [6.07, 6.45) is 4.35. The lowest BCUT2D eigenvalue weighted by molar-refractivity contribution is 0.510. The molecular formula is C23H21F4P. The summed E-state index contributed by atoms with van der Waals surface area (Å²) in [6.45, 7) is 2.14. The minimum atomic E-state index is -1.11. The summed E-state index contributed by atoms with van der Waals surface area (Å²) in [5.74, 6) is -4.22. The van der Waals surface area contributed by atoms with Crippen molar-refractivity contribution in [2.24, 2.45) is 0 Å². The van der Waals surface area contributed by atoms with Gasteiger partial charge in [0, 0.05) is 16.4 Å². The molecule has 0 aliphatic carbocycles. The van der Waals surface area contributed by atoms with Gasteiger partial charge in [0.25, 0.3) is 0 Å². The Labute approximate surface area is 164 Å². The molecule has 0 saturated heterocycles. The van der Waals surface area contributed by atoms with Gasteiger partial charge in [-0.05, 0) is 41.7 Å². The van der Waals surface area contributed by atoms with Crippen molar-refractivity contribution in [3.63, 3.8) is 0 Å². The lowest BCUT2D eigenvalue weighted by Crippen LogP contribution is -2.04. The molecule has 0 fully saturated rings. The fraction of sp³-hybridized carbons (Fsp3) is 0.217. The molecule has 3 rings (SSSR count). The van der Waals surface area contributed by atoms with E-state index in [-0.39, 0.29) is 22.0 Å². The smallest absolute Gasteiger partial charge is 0.167 e. The zero-order chi connectivity index (χ0) is 20.3. The van der Waals surface area contributed by atoms with Gasteiger partial charge in [-0.1, -0.05) is 56.2 Å². The molecule has 1 atom stereocenters. The maximum Gasteiger partial charge on any atom is 0.167 e. The van der Waals surface area contributed by atoms with E-state index in [9.17, 15) is 17.6 Å². The van der Waals surface area contributed by atoms with Gasteiger partial charge in [-0.3, -0.25) is 0 Å². The van der Waals surface area contributed by atoms with Crippen LogP contribution >= 0.6 is 9.24 Å². The summed E-state index contributed by atoms with van der Waals surface area (Å²) in [5, 5.41) is -0.0439. The molecule has 0 nitrogen and oxygen atoms in total. The Hall–Kier alpha value is -2.19. The quantitative estimate of drug-likeness (QED) is 0.241. The van der Waals surface area contributed by atoms with Crippen molar-refractivity contribution in [1.82, 2.24) is 0 Å². The molecule has 0 saturated carbocycles. The lowest BCUT2D eigenvalue weighted by Gasteiger charge is -2.11. The molecule has 0 bridgehead atoms. The average molecular weight is 404 g/mol. The Morgan fingerprint density at radius 1 is 0.714 bits per heavy atom. The topological polar surface area (TPSA) is 0 Å². The Balaban J connectivity index is 1.92. The number of hydrogen-bond donors (Lipinski definition) is 0. The van der Waals surface area contributed by atoms with Crippen molar-refractivity contribution in [3.05, 3.63) is 77.4 Å². The van der Waals surface area contributed by atoms with Crippen molar-refractivity contribution < 1.29 is 17.6 Å². The molecule has 3 aromatic carbocycles. The molecule has 3 aromatic rings. The molecule has 5 heteroatoms. The molecule has 28 heavy (non-hydrogen) atoms. The molecule has 1 unspecified atom stereocenters. The number of halogens is 4. The molecule has 0 radical (unpaired) electrons. The summed E-state index contributed by atoms with van der Waals surface area (Å²) in [5.41, 5.74) is 1.83. The van der Waals surface area contributed by atoms with Crippen LogP contribution in [-0.2, 0) is 6.42 Å². The molecule has 0 spiro atoms. The number of unbranched alkanes of at least 4 members (excludes halogenated alkanes) is 2. The first-order valence-corrected chi connectivity index (χ1v) is 9.82. The van der Waals surface area contributed by atoms with Crippen molar-refractivity contribution in [3.8, 4) is 22.3 Å². The number of rotatable bonds is 6. The Kier molecular flexibility index (Phi) is 6.51. The second-order valence-electron chi connectivity index (χ2n) is 6.80. The first-order valence-electron chi connectivity index (χ1n) is 9.24. The number of aryl methyl sites for hydroxylation is 1. The van der Waals surface area contributed by atoms with Crippen LogP contribution in [0, 0.1) is 23.3 Å². The molecule has 0 aliphatic heterocycles. The second kappa shape index (κ2) is 8.87. The van der Waals surface area contributed by atoms with E-state index in [0.29, 0.717) is 5.56 Å². The monoisotopic (exact) mass is 404 g/mol. The molecule has 0 amide bonds. The highest BCUT2D eigenvalue weighted by Crippen LogP contribution is 2.32. The van der Waals surface area contributed by atoms with E-state index >= 15 is 0 Å². The molecule has 0 aliphatic rings. The highest BCUT2D eigenvalue weighted by atomic mass is 31.0. The SMILES string of the molecule is CCCCCc1ccc(-c2ccc(-c3cc(F)c(F)c(P)c3)c(F)c2F)cc1.